The van der Waals surface area contributed by atoms with Gasteiger partial charge in [0.2, 0.25) is 0 Å². The van der Waals surface area contributed by atoms with E-state index in [1.165, 1.54) is 12.5 Å². The summed E-state index contributed by atoms with van der Waals surface area (Å²) >= 11 is 7.88. The summed E-state index contributed by atoms with van der Waals surface area (Å²) in [5.41, 5.74) is 0.333. The maximum Gasteiger partial charge on any atom is 0.145 e. The lowest BCUT2D eigenvalue weighted by atomic mass is 10.4. The Bertz CT molecular complexity index is 522. The highest BCUT2D eigenvalue weighted by Crippen LogP contribution is 2.25. The fourth-order valence-electron chi connectivity index (χ4n) is 0.983. The quantitative estimate of drug-likeness (QED) is 0.551. The predicted octanol–water partition coefficient (Wildman–Crippen LogP) is 2.23. The molecule has 3 nitrogen and oxygen atoms in total. The molecule has 0 aliphatic carbocycles. The molecule has 0 amide bonds. The van der Waals surface area contributed by atoms with Crippen molar-refractivity contribution in [2.24, 2.45) is 6.98 Å². The molecule has 0 atom stereocenters. The van der Waals surface area contributed by atoms with Gasteiger partial charge in [-0.25, -0.2) is 9.97 Å². The van der Waals surface area contributed by atoms with Crippen LogP contribution in [0.25, 0.3) is 11.0 Å². The van der Waals surface area contributed by atoms with Crippen molar-refractivity contribution in [3.63, 3.8) is 0 Å². The van der Waals surface area contributed by atoms with Gasteiger partial charge in [0.1, 0.15) is 17.1 Å². The third-order valence-corrected chi connectivity index (χ3v) is 2.59. The smallest absolute Gasteiger partial charge is 0.145 e. The van der Waals surface area contributed by atoms with E-state index in [1.54, 1.807) is 0 Å². The summed E-state index contributed by atoms with van der Waals surface area (Å²) < 4.78 is 23.8. The summed E-state index contributed by atoms with van der Waals surface area (Å²) in [6.07, 6.45) is 2.75. The lowest BCUT2D eigenvalue weighted by Crippen LogP contribution is -1.88. The first-order valence-electron chi connectivity index (χ1n) is 4.59. The summed E-state index contributed by atoms with van der Waals surface area (Å²) in [5.74, 6) is 0. The Hall–Kier alpha value is -0.360. The number of aromatic nitrogens is 3. The number of halogens is 2. The van der Waals surface area contributed by atoms with E-state index in [1.807, 2.05) is 22.6 Å². The van der Waals surface area contributed by atoms with Gasteiger partial charge >= 0.3 is 0 Å². The van der Waals surface area contributed by atoms with Gasteiger partial charge in [-0.3, -0.25) is 0 Å². The van der Waals surface area contributed by atoms with Gasteiger partial charge < -0.3 is 4.57 Å². The van der Waals surface area contributed by atoms with E-state index >= 15 is 0 Å². The molecule has 0 aliphatic rings. The largest absolute Gasteiger partial charge is 0.334 e. The number of nitrogens with zero attached hydrogens (tertiary/aromatic N) is 3. The molecular formula is C7H5ClIN3. The fraction of sp³-hybridized carbons (Fsp3) is 0.143. The molecule has 0 fully saturated rings. The molecule has 0 N–H and O–H groups in total. The van der Waals surface area contributed by atoms with Crippen molar-refractivity contribution in [2.45, 2.75) is 0 Å². The van der Waals surface area contributed by atoms with Crippen LogP contribution in [0.5, 0.6) is 0 Å². The number of fused-ring (bicyclic) bond motifs is 1. The van der Waals surface area contributed by atoms with Crippen LogP contribution in [-0.2, 0) is 6.98 Å². The molecule has 5 heteroatoms. The van der Waals surface area contributed by atoms with E-state index in [0.29, 0.717) is 11.0 Å². The van der Waals surface area contributed by atoms with Crippen molar-refractivity contribution in [2.75, 3.05) is 0 Å². The third kappa shape index (κ3) is 1.09. The van der Waals surface area contributed by atoms with Crippen molar-refractivity contribution in [3.05, 3.63) is 21.2 Å². The van der Waals surface area contributed by atoms with Crippen LogP contribution < -0.4 is 0 Å². The highest BCUT2D eigenvalue weighted by atomic mass is 127. The summed E-state index contributed by atoms with van der Waals surface area (Å²) in [7, 11) is 0. The van der Waals surface area contributed by atoms with Gasteiger partial charge in [-0.05, 0) is 22.6 Å². The van der Waals surface area contributed by atoms with Crippen LogP contribution in [0.2, 0.25) is 5.15 Å². The van der Waals surface area contributed by atoms with E-state index in [9.17, 15) is 0 Å². The second-order valence-corrected chi connectivity index (χ2v) is 3.73. The number of aryl methyl sites for hydroxylation is 1. The SMILES string of the molecule is [2H]C([2H])([2H])n1cc(I)c2c(Cl)ncnc21. The van der Waals surface area contributed by atoms with E-state index in [0.717, 1.165) is 8.14 Å². The Balaban J connectivity index is 2.85. The lowest BCUT2D eigenvalue weighted by molar-refractivity contribution is 0.941. The summed E-state index contributed by atoms with van der Waals surface area (Å²) in [5, 5.41) is 0.850. The zero-order valence-electron chi connectivity index (χ0n) is 8.75. The second-order valence-electron chi connectivity index (χ2n) is 2.21. The summed E-state index contributed by atoms with van der Waals surface area (Å²) in [6, 6.07) is 0. The highest BCUT2D eigenvalue weighted by Gasteiger charge is 2.08. The Morgan fingerprint density at radius 3 is 3.25 bits per heavy atom. The number of rotatable bonds is 0. The normalized spacial score (nSPS) is 15.7. The Kier molecular flexibility index (Phi) is 1.28. The molecule has 62 valence electrons. The van der Waals surface area contributed by atoms with Gasteiger partial charge in [0.25, 0.3) is 0 Å². The van der Waals surface area contributed by atoms with E-state index in [2.05, 4.69) is 9.97 Å². The average Bonchev–Trinajstić information content (AvgIpc) is 2.44. The van der Waals surface area contributed by atoms with Crippen molar-refractivity contribution in [1.29, 1.82) is 0 Å². The molecule has 0 aromatic carbocycles. The Labute approximate surface area is 92.1 Å². The summed E-state index contributed by atoms with van der Waals surface area (Å²) in [4.78, 5) is 7.75. The maximum atomic E-state index is 7.33. The number of hydrogen-bond donors (Lipinski definition) is 0. The van der Waals surface area contributed by atoms with Crippen LogP contribution in [0.15, 0.2) is 12.5 Å². The minimum atomic E-state index is -2.25. The maximum absolute atomic E-state index is 7.33. The molecular weight excluding hydrogens is 288 g/mol. The van der Waals surface area contributed by atoms with Gasteiger partial charge in [0.05, 0.1) is 5.39 Å². The number of hydrogen-bond acceptors (Lipinski definition) is 2. The molecule has 0 aliphatic heterocycles. The molecule has 2 heterocycles. The van der Waals surface area contributed by atoms with Crippen LogP contribution in [0.1, 0.15) is 4.11 Å². The summed E-state index contributed by atoms with van der Waals surface area (Å²) in [6.45, 7) is -2.25. The molecule has 2 aromatic heterocycles. The van der Waals surface area contributed by atoms with Gasteiger partial charge in [-0.2, -0.15) is 0 Å². The van der Waals surface area contributed by atoms with Gasteiger partial charge in [-0.1, -0.05) is 11.6 Å². The van der Waals surface area contributed by atoms with E-state index in [4.69, 9.17) is 15.7 Å². The molecule has 0 spiro atoms. The van der Waals surface area contributed by atoms with Crippen molar-refractivity contribution >= 4 is 45.2 Å². The standard InChI is InChI=1S/C7H5ClIN3/c1-12-2-4(9)5-6(8)10-3-11-7(5)12/h2-3H,1H3/i1D3. The molecule has 0 unspecified atom stereocenters. The fourth-order valence-corrected chi connectivity index (χ4v) is 2.15. The van der Waals surface area contributed by atoms with Gasteiger partial charge in [0.15, 0.2) is 0 Å². The predicted molar refractivity (Wildman–Crippen MR) is 56.2 cm³/mol. The van der Waals surface area contributed by atoms with Crippen molar-refractivity contribution in [1.82, 2.24) is 14.5 Å². The first-order valence-corrected chi connectivity index (χ1v) is 4.54. The topological polar surface area (TPSA) is 30.7 Å². The van der Waals surface area contributed by atoms with Crippen molar-refractivity contribution in [3.8, 4) is 0 Å². The third-order valence-electron chi connectivity index (χ3n) is 1.49. The molecule has 0 bridgehead atoms. The molecule has 0 saturated carbocycles. The zero-order valence-corrected chi connectivity index (χ0v) is 8.67. The van der Waals surface area contributed by atoms with Crippen LogP contribution in [0.3, 0.4) is 0 Å². The highest BCUT2D eigenvalue weighted by molar-refractivity contribution is 14.1. The van der Waals surface area contributed by atoms with Gasteiger partial charge in [0, 0.05) is 20.9 Å². The van der Waals surface area contributed by atoms with Crippen LogP contribution in [0, 0.1) is 3.57 Å². The molecule has 2 rings (SSSR count). The first-order chi connectivity index (χ1) is 6.91. The van der Waals surface area contributed by atoms with E-state index in [-0.39, 0.29) is 5.15 Å². The second kappa shape index (κ2) is 2.85. The van der Waals surface area contributed by atoms with Crippen LogP contribution in [0.4, 0.5) is 0 Å². The lowest BCUT2D eigenvalue weighted by Gasteiger charge is -1.93. The molecule has 0 radical (unpaired) electrons. The Morgan fingerprint density at radius 2 is 2.50 bits per heavy atom. The molecule has 12 heavy (non-hydrogen) atoms. The van der Waals surface area contributed by atoms with Crippen LogP contribution >= 0.6 is 34.2 Å². The molecule has 2 aromatic rings. The average molecular weight is 297 g/mol. The van der Waals surface area contributed by atoms with Gasteiger partial charge in [-0.15, -0.1) is 0 Å². The van der Waals surface area contributed by atoms with Crippen molar-refractivity contribution < 1.29 is 4.11 Å². The Morgan fingerprint density at radius 1 is 1.67 bits per heavy atom. The first kappa shape index (κ1) is 5.39. The minimum Gasteiger partial charge on any atom is -0.334 e. The monoisotopic (exact) mass is 296 g/mol. The zero-order chi connectivity index (χ0) is 11.2. The molecule has 0 saturated heterocycles. The minimum absolute atomic E-state index is 0.271. The van der Waals surface area contributed by atoms with Crippen LogP contribution in [-0.4, -0.2) is 14.5 Å². The van der Waals surface area contributed by atoms with E-state index < -0.39 is 6.98 Å².